The largest absolute Gasteiger partial charge is 0.391 e. The van der Waals surface area contributed by atoms with Gasteiger partial charge >= 0.3 is 7.60 Å². The van der Waals surface area contributed by atoms with Gasteiger partial charge in [-0.3, -0.25) is 9.36 Å². The number of hydrogen-bond donors (Lipinski definition) is 2. The summed E-state index contributed by atoms with van der Waals surface area (Å²) in [5.74, 6) is -0.342. The molecular weight excluding hydrogens is 143 g/mol. The van der Waals surface area contributed by atoms with Gasteiger partial charge in [0.05, 0.1) is 0 Å². The summed E-state index contributed by atoms with van der Waals surface area (Å²) in [6.45, 7) is 0. The van der Waals surface area contributed by atoms with E-state index in [9.17, 15) is 9.36 Å². The smallest absolute Gasteiger partial charge is 0.319 e. The molecule has 5 heteroatoms. The standard InChI is InChI=1S/C4H7O4P/c5-4(3-1-2-3)9(6,7)8/h3H,1-2H2,(H2,6,7,8). The van der Waals surface area contributed by atoms with E-state index >= 15 is 0 Å². The first-order valence-electron chi connectivity index (χ1n) is 2.62. The Hall–Kier alpha value is -0.180. The van der Waals surface area contributed by atoms with Crippen molar-refractivity contribution in [3.05, 3.63) is 0 Å². The predicted octanol–water partition coefficient (Wildman–Crippen LogP) is 0.101. The molecule has 1 aliphatic rings. The zero-order chi connectivity index (χ0) is 7.07. The molecule has 0 aliphatic heterocycles. The normalized spacial score (nSPS) is 19.8. The summed E-state index contributed by atoms with van der Waals surface area (Å²) in [7, 11) is -4.39. The van der Waals surface area contributed by atoms with Gasteiger partial charge in [-0.15, -0.1) is 0 Å². The Morgan fingerprint density at radius 3 is 2.00 bits per heavy atom. The monoisotopic (exact) mass is 150 g/mol. The summed E-state index contributed by atoms with van der Waals surface area (Å²) in [5, 5.41) is 0. The predicted molar refractivity (Wildman–Crippen MR) is 29.8 cm³/mol. The molecule has 1 rings (SSSR count). The summed E-state index contributed by atoms with van der Waals surface area (Å²) < 4.78 is 10.2. The third kappa shape index (κ3) is 1.61. The number of carbonyl (C=O) groups excluding carboxylic acids is 1. The van der Waals surface area contributed by atoms with Crippen LogP contribution in [0.25, 0.3) is 0 Å². The van der Waals surface area contributed by atoms with Crippen molar-refractivity contribution in [3.8, 4) is 0 Å². The summed E-state index contributed by atoms with van der Waals surface area (Å²) in [5.41, 5.74) is -0.887. The molecule has 0 saturated heterocycles. The third-order valence-electron chi connectivity index (χ3n) is 1.21. The lowest BCUT2D eigenvalue weighted by atomic mass is 10.5. The van der Waals surface area contributed by atoms with Crippen LogP contribution in [0.2, 0.25) is 0 Å². The van der Waals surface area contributed by atoms with Crippen LogP contribution in [0.5, 0.6) is 0 Å². The van der Waals surface area contributed by atoms with E-state index in [0.29, 0.717) is 12.8 Å². The third-order valence-corrected chi connectivity index (χ3v) is 2.15. The molecule has 0 radical (unpaired) electrons. The fraction of sp³-hybridized carbons (Fsp3) is 0.750. The van der Waals surface area contributed by atoms with E-state index in [2.05, 4.69) is 0 Å². The van der Waals surface area contributed by atoms with E-state index < -0.39 is 13.1 Å². The molecule has 1 saturated carbocycles. The Bertz CT molecular complexity index is 177. The lowest BCUT2D eigenvalue weighted by Crippen LogP contribution is -1.99. The fourth-order valence-electron chi connectivity index (χ4n) is 0.568. The summed E-state index contributed by atoms with van der Waals surface area (Å²) >= 11 is 0. The Morgan fingerprint density at radius 2 is 1.89 bits per heavy atom. The minimum absolute atomic E-state index is 0.342. The van der Waals surface area contributed by atoms with Crippen LogP contribution in [0.3, 0.4) is 0 Å². The second-order valence-corrected chi connectivity index (χ2v) is 3.69. The Morgan fingerprint density at radius 1 is 1.44 bits per heavy atom. The summed E-state index contributed by atoms with van der Waals surface area (Å²) in [6.07, 6.45) is 1.29. The molecule has 0 heterocycles. The molecule has 1 fully saturated rings. The molecule has 0 aromatic carbocycles. The van der Waals surface area contributed by atoms with Crippen molar-refractivity contribution in [1.29, 1.82) is 0 Å². The van der Waals surface area contributed by atoms with Crippen LogP contribution >= 0.6 is 7.60 Å². The van der Waals surface area contributed by atoms with Crippen molar-refractivity contribution < 1.29 is 19.1 Å². The Kier molecular flexibility index (Phi) is 1.47. The minimum Gasteiger partial charge on any atom is -0.319 e. The molecule has 9 heavy (non-hydrogen) atoms. The van der Waals surface area contributed by atoms with Crippen LogP contribution in [-0.4, -0.2) is 15.3 Å². The molecule has 52 valence electrons. The molecule has 1 aliphatic carbocycles. The highest BCUT2D eigenvalue weighted by Crippen LogP contribution is 2.46. The van der Waals surface area contributed by atoms with Gasteiger partial charge in [0.15, 0.2) is 0 Å². The van der Waals surface area contributed by atoms with Gasteiger partial charge in [0.2, 0.25) is 5.52 Å². The minimum atomic E-state index is -4.39. The number of hydrogen-bond acceptors (Lipinski definition) is 2. The summed E-state index contributed by atoms with van der Waals surface area (Å²) in [6, 6.07) is 0. The lowest BCUT2D eigenvalue weighted by Gasteiger charge is -1.97. The van der Waals surface area contributed by atoms with E-state index in [4.69, 9.17) is 9.79 Å². The van der Waals surface area contributed by atoms with E-state index in [1.807, 2.05) is 0 Å². The summed E-state index contributed by atoms with van der Waals surface area (Å²) in [4.78, 5) is 27.0. The van der Waals surface area contributed by atoms with Gasteiger partial charge in [-0.2, -0.15) is 0 Å². The van der Waals surface area contributed by atoms with Crippen LogP contribution in [-0.2, 0) is 9.36 Å². The van der Waals surface area contributed by atoms with E-state index in [1.165, 1.54) is 0 Å². The van der Waals surface area contributed by atoms with Gasteiger partial charge in [0.25, 0.3) is 0 Å². The molecule has 0 aromatic rings. The maximum atomic E-state index is 10.5. The first kappa shape index (κ1) is 6.93. The zero-order valence-corrected chi connectivity index (χ0v) is 5.54. The number of rotatable bonds is 2. The van der Waals surface area contributed by atoms with E-state index in [1.54, 1.807) is 0 Å². The van der Waals surface area contributed by atoms with E-state index in [0.717, 1.165) is 0 Å². The van der Waals surface area contributed by atoms with Crippen LogP contribution < -0.4 is 0 Å². The van der Waals surface area contributed by atoms with Crippen molar-refractivity contribution >= 4 is 13.1 Å². The van der Waals surface area contributed by atoms with Crippen LogP contribution in [0, 0.1) is 5.92 Å². The highest BCUT2D eigenvalue weighted by atomic mass is 31.2. The molecule has 0 amide bonds. The SMILES string of the molecule is O=C(C1CC1)P(=O)(O)O. The first-order chi connectivity index (χ1) is 4.02. The molecule has 0 aromatic heterocycles. The molecule has 0 bridgehead atoms. The van der Waals surface area contributed by atoms with Gasteiger partial charge in [-0.05, 0) is 12.8 Å². The van der Waals surface area contributed by atoms with Crippen LogP contribution in [0.4, 0.5) is 0 Å². The Balaban J connectivity index is 2.61. The van der Waals surface area contributed by atoms with Crippen molar-refractivity contribution in [1.82, 2.24) is 0 Å². The van der Waals surface area contributed by atoms with Gasteiger partial charge < -0.3 is 9.79 Å². The maximum Gasteiger partial charge on any atom is 0.391 e. The lowest BCUT2D eigenvalue weighted by molar-refractivity contribution is -0.114. The highest BCUT2D eigenvalue weighted by Gasteiger charge is 2.40. The number of carbonyl (C=O) groups is 1. The molecule has 0 atom stereocenters. The second-order valence-electron chi connectivity index (χ2n) is 2.16. The molecule has 0 spiro atoms. The quantitative estimate of drug-likeness (QED) is 0.547. The fourth-order valence-corrected chi connectivity index (χ4v) is 1.30. The van der Waals surface area contributed by atoms with Gasteiger partial charge in [0, 0.05) is 5.92 Å². The van der Waals surface area contributed by atoms with Gasteiger partial charge in [0.1, 0.15) is 0 Å². The topological polar surface area (TPSA) is 74.6 Å². The maximum absolute atomic E-state index is 10.5. The molecule has 2 N–H and O–H groups in total. The Labute approximate surface area is 52.0 Å². The zero-order valence-electron chi connectivity index (χ0n) is 4.65. The first-order valence-corrected chi connectivity index (χ1v) is 4.23. The van der Waals surface area contributed by atoms with Crippen LogP contribution in [0.1, 0.15) is 12.8 Å². The van der Waals surface area contributed by atoms with E-state index in [-0.39, 0.29) is 5.92 Å². The van der Waals surface area contributed by atoms with Crippen molar-refractivity contribution in [3.63, 3.8) is 0 Å². The van der Waals surface area contributed by atoms with Gasteiger partial charge in [-0.1, -0.05) is 0 Å². The second kappa shape index (κ2) is 1.90. The molecule has 0 unspecified atom stereocenters. The van der Waals surface area contributed by atoms with Gasteiger partial charge in [-0.25, -0.2) is 0 Å². The van der Waals surface area contributed by atoms with Crippen molar-refractivity contribution in [2.24, 2.45) is 5.92 Å². The average molecular weight is 150 g/mol. The van der Waals surface area contributed by atoms with Crippen molar-refractivity contribution in [2.45, 2.75) is 12.8 Å². The average Bonchev–Trinajstić information content (AvgIpc) is 2.40. The molecular formula is C4H7O4P. The highest BCUT2D eigenvalue weighted by molar-refractivity contribution is 7.70. The van der Waals surface area contributed by atoms with Crippen molar-refractivity contribution in [2.75, 3.05) is 0 Å². The van der Waals surface area contributed by atoms with Crippen LogP contribution in [0.15, 0.2) is 0 Å². The molecule has 4 nitrogen and oxygen atoms in total.